The van der Waals surface area contributed by atoms with Crippen molar-refractivity contribution in [2.75, 3.05) is 7.05 Å². The molecule has 5 heteroatoms. The number of hydrogen-bond donors (Lipinski definition) is 0. The standard InChI is InChI=1S/C15H19N3O2/c1-10(2)12-5-6-14(16-8-12)15(19)18(4)9-13-7-11(3)20-17-13/h5-8,10H,9H2,1-4H3. The molecular weight excluding hydrogens is 254 g/mol. The Morgan fingerprint density at radius 3 is 2.65 bits per heavy atom. The van der Waals surface area contributed by atoms with Crippen LogP contribution in [-0.2, 0) is 6.54 Å². The van der Waals surface area contributed by atoms with E-state index in [1.54, 1.807) is 24.2 Å². The minimum atomic E-state index is -0.124. The SMILES string of the molecule is Cc1cc(CN(C)C(=O)c2ccc(C(C)C)cn2)no1. The Kier molecular flexibility index (Phi) is 4.17. The maximum Gasteiger partial charge on any atom is 0.272 e. The van der Waals surface area contributed by atoms with Gasteiger partial charge >= 0.3 is 0 Å². The molecule has 0 unspecified atom stereocenters. The number of amides is 1. The van der Waals surface area contributed by atoms with Crippen molar-refractivity contribution in [1.82, 2.24) is 15.0 Å². The van der Waals surface area contributed by atoms with E-state index >= 15 is 0 Å². The summed E-state index contributed by atoms with van der Waals surface area (Å²) < 4.78 is 4.99. The molecule has 2 heterocycles. The molecule has 2 aromatic heterocycles. The van der Waals surface area contributed by atoms with Crippen molar-refractivity contribution >= 4 is 5.91 Å². The summed E-state index contributed by atoms with van der Waals surface area (Å²) in [6.07, 6.45) is 1.76. The zero-order chi connectivity index (χ0) is 14.7. The molecular formula is C15H19N3O2. The smallest absolute Gasteiger partial charge is 0.272 e. The van der Waals surface area contributed by atoms with Gasteiger partial charge in [0.05, 0.1) is 6.54 Å². The molecule has 0 aliphatic carbocycles. The van der Waals surface area contributed by atoms with Gasteiger partial charge < -0.3 is 9.42 Å². The van der Waals surface area contributed by atoms with Gasteiger partial charge in [0.1, 0.15) is 17.1 Å². The van der Waals surface area contributed by atoms with Gasteiger partial charge in [-0.1, -0.05) is 25.1 Å². The zero-order valence-electron chi connectivity index (χ0n) is 12.3. The molecule has 0 bridgehead atoms. The van der Waals surface area contributed by atoms with E-state index in [-0.39, 0.29) is 5.91 Å². The van der Waals surface area contributed by atoms with Crippen LogP contribution in [0.5, 0.6) is 0 Å². The lowest BCUT2D eigenvalue weighted by atomic mass is 10.1. The summed E-state index contributed by atoms with van der Waals surface area (Å²) in [4.78, 5) is 18.1. The van der Waals surface area contributed by atoms with E-state index in [0.29, 0.717) is 18.2 Å². The molecule has 5 nitrogen and oxygen atoms in total. The van der Waals surface area contributed by atoms with Crippen LogP contribution in [-0.4, -0.2) is 28.0 Å². The maximum atomic E-state index is 12.2. The Labute approximate surface area is 118 Å². The highest BCUT2D eigenvalue weighted by atomic mass is 16.5. The molecule has 0 aliphatic rings. The van der Waals surface area contributed by atoms with Crippen LogP contribution < -0.4 is 0 Å². The molecule has 20 heavy (non-hydrogen) atoms. The maximum absolute atomic E-state index is 12.2. The van der Waals surface area contributed by atoms with Crippen molar-refractivity contribution in [2.24, 2.45) is 0 Å². The largest absolute Gasteiger partial charge is 0.361 e. The fraction of sp³-hybridized carbons (Fsp3) is 0.400. The van der Waals surface area contributed by atoms with E-state index in [0.717, 1.165) is 17.0 Å². The number of aromatic nitrogens is 2. The van der Waals surface area contributed by atoms with Gasteiger partial charge in [-0.2, -0.15) is 0 Å². The van der Waals surface area contributed by atoms with Crippen LogP contribution in [0.4, 0.5) is 0 Å². The van der Waals surface area contributed by atoms with Gasteiger partial charge in [-0.05, 0) is 24.5 Å². The average molecular weight is 273 g/mol. The van der Waals surface area contributed by atoms with Crippen molar-refractivity contribution in [2.45, 2.75) is 33.2 Å². The first-order chi connectivity index (χ1) is 9.47. The minimum Gasteiger partial charge on any atom is -0.361 e. The molecule has 0 aromatic carbocycles. The first kappa shape index (κ1) is 14.2. The van der Waals surface area contributed by atoms with Crippen molar-refractivity contribution in [1.29, 1.82) is 0 Å². The Morgan fingerprint density at radius 1 is 1.40 bits per heavy atom. The molecule has 0 spiro atoms. The first-order valence-corrected chi connectivity index (χ1v) is 6.61. The van der Waals surface area contributed by atoms with E-state index in [1.807, 2.05) is 19.1 Å². The second kappa shape index (κ2) is 5.86. The summed E-state index contributed by atoms with van der Waals surface area (Å²) in [7, 11) is 1.73. The van der Waals surface area contributed by atoms with Gasteiger partial charge in [0.25, 0.3) is 5.91 Å². The lowest BCUT2D eigenvalue weighted by Crippen LogP contribution is -2.27. The van der Waals surface area contributed by atoms with Gasteiger partial charge in [-0.25, -0.2) is 0 Å². The number of nitrogens with zero attached hydrogens (tertiary/aromatic N) is 3. The van der Waals surface area contributed by atoms with Crippen molar-refractivity contribution in [3.63, 3.8) is 0 Å². The predicted octanol–water partition coefficient (Wildman–Crippen LogP) is 2.77. The monoisotopic (exact) mass is 273 g/mol. The summed E-state index contributed by atoms with van der Waals surface area (Å²) in [5, 5.41) is 3.88. The van der Waals surface area contributed by atoms with Crippen LogP contribution in [0, 0.1) is 6.92 Å². The number of hydrogen-bond acceptors (Lipinski definition) is 4. The number of carbonyl (C=O) groups excluding carboxylic acids is 1. The van der Waals surface area contributed by atoms with Gasteiger partial charge in [0.2, 0.25) is 0 Å². The van der Waals surface area contributed by atoms with Gasteiger partial charge in [-0.15, -0.1) is 0 Å². The first-order valence-electron chi connectivity index (χ1n) is 6.61. The quantitative estimate of drug-likeness (QED) is 0.859. The second-order valence-corrected chi connectivity index (χ2v) is 5.22. The van der Waals surface area contributed by atoms with Crippen LogP contribution >= 0.6 is 0 Å². The summed E-state index contributed by atoms with van der Waals surface area (Å²) >= 11 is 0. The molecule has 2 aromatic rings. The Hall–Kier alpha value is -2.17. The fourth-order valence-electron chi connectivity index (χ4n) is 1.88. The van der Waals surface area contributed by atoms with Crippen LogP contribution in [0.1, 0.15) is 47.3 Å². The molecule has 0 radical (unpaired) electrons. The molecule has 1 amide bonds. The third-order valence-corrected chi connectivity index (χ3v) is 3.09. The molecule has 2 rings (SSSR count). The Balaban J connectivity index is 2.06. The Morgan fingerprint density at radius 2 is 2.15 bits per heavy atom. The van der Waals surface area contributed by atoms with Crippen LogP contribution in [0.3, 0.4) is 0 Å². The topological polar surface area (TPSA) is 59.2 Å². The zero-order valence-corrected chi connectivity index (χ0v) is 12.3. The van der Waals surface area contributed by atoms with Crippen LogP contribution in [0.2, 0.25) is 0 Å². The van der Waals surface area contributed by atoms with E-state index in [9.17, 15) is 4.79 Å². The van der Waals surface area contributed by atoms with Crippen LogP contribution in [0.15, 0.2) is 28.9 Å². The number of rotatable bonds is 4. The highest BCUT2D eigenvalue weighted by Crippen LogP contribution is 2.14. The molecule has 0 saturated heterocycles. The van der Waals surface area contributed by atoms with Gasteiger partial charge in [0.15, 0.2) is 0 Å². The second-order valence-electron chi connectivity index (χ2n) is 5.22. The fourth-order valence-corrected chi connectivity index (χ4v) is 1.88. The van der Waals surface area contributed by atoms with E-state index in [2.05, 4.69) is 24.0 Å². The molecule has 0 saturated carbocycles. The molecule has 0 aliphatic heterocycles. The van der Waals surface area contributed by atoms with Crippen molar-refractivity contribution < 1.29 is 9.32 Å². The van der Waals surface area contributed by atoms with E-state index < -0.39 is 0 Å². The summed E-state index contributed by atoms with van der Waals surface area (Å²) in [5.74, 6) is 1.02. The van der Waals surface area contributed by atoms with Crippen LogP contribution in [0.25, 0.3) is 0 Å². The Bertz CT molecular complexity index is 587. The highest BCUT2D eigenvalue weighted by Gasteiger charge is 2.15. The predicted molar refractivity (Wildman–Crippen MR) is 75.4 cm³/mol. The molecule has 0 N–H and O–H groups in total. The van der Waals surface area contributed by atoms with Crippen molar-refractivity contribution in [3.8, 4) is 0 Å². The lowest BCUT2D eigenvalue weighted by molar-refractivity contribution is 0.0776. The molecule has 0 fully saturated rings. The number of carbonyl (C=O) groups is 1. The average Bonchev–Trinajstić information content (AvgIpc) is 2.83. The summed E-state index contributed by atoms with van der Waals surface area (Å²) in [6, 6.07) is 5.53. The van der Waals surface area contributed by atoms with E-state index in [1.165, 1.54) is 0 Å². The number of aryl methyl sites for hydroxylation is 1. The van der Waals surface area contributed by atoms with Crippen molar-refractivity contribution in [3.05, 3.63) is 47.1 Å². The van der Waals surface area contributed by atoms with Gasteiger partial charge in [-0.3, -0.25) is 9.78 Å². The summed E-state index contributed by atoms with van der Waals surface area (Å²) in [5.41, 5.74) is 2.30. The normalized spacial score (nSPS) is 10.8. The van der Waals surface area contributed by atoms with E-state index in [4.69, 9.17) is 4.52 Å². The minimum absolute atomic E-state index is 0.124. The lowest BCUT2D eigenvalue weighted by Gasteiger charge is -2.15. The summed E-state index contributed by atoms with van der Waals surface area (Å²) in [6.45, 7) is 6.42. The van der Waals surface area contributed by atoms with Gasteiger partial charge in [0, 0.05) is 19.3 Å². The third kappa shape index (κ3) is 3.23. The highest BCUT2D eigenvalue weighted by molar-refractivity contribution is 5.92. The molecule has 0 atom stereocenters. The molecule has 106 valence electrons. The number of pyridine rings is 1. The third-order valence-electron chi connectivity index (χ3n) is 3.09.